The second kappa shape index (κ2) is 8.39. The minimum absolute atomic E-state index is 0.0675. The molecule has 0 bridgehead atoms. The van der Waals surface area contributed by atoms with Gasteiger partial charge < -0.3 is 20.5 Å². The normalized spacial score (nSPS) is 13.3. The van der Waals surface area contributed by atoms with Gasteiger partial charge in [0.15, 0.2) is 0 Å². The molecule has 1 amide bonds. The van der Waals surface area contributed by atoms with Crippen LogP contribution in [-0.2, 0) is 14.3 Å². The Morgan fingerprint density at radius 2 is 1.90 bits per heavy atom. The van der Waals surface area contributed by atoms with Gasteiger partial charge in [-0.05, 0) is 24.7 Å². The van der Waals surface area contributed by atoms with Gasteiger partial charge in [0.1, 0.15) is 0 Å². The molecule has 2 unspecified atom stereocenters. The highest BCUT2D eigenvalue weighted by Crippen LogP contribution is 2.21. The van der Waals surface area contributed by atoms with Crippen molar-refractivity contribution in [3.63, 3.8) is 0 Å². The number of anilines is 1. The fourth-order valence-electron chi connectivity index (χ4n) is 1.88. The Hall–Kier alpha value is -1.92. The Bertz CT molecular complexity index is 473. The van der Waals surface area contributed by atoms with E-state index in [-0.39, 0.29) is 18.3 Å². The van der Waals surface area contributed by atoms with E-state index in [0.29, 0.717) is 17.7 Å². The Balaban J connectivity index is 2.74. The minimum atomic E-state index is -0.843. The van der Waals surface area contributed by atoms with E-state index in [1.165, 1.54) is 7.11 Å². The zero-order valence-electron chi connectivity index (χ0n) is 12.6. The first-order valence-electron chi connectivity index (χ1n) is 6.83. The molecule has 6 heteroatoms. The van der Waals surface area contributed by atoms with Crippen molar-refractivity contribution in [1.82, 2.24) is 5.32 Å². The zero-order chi connectivity index (χ0) is 15.8. The molecule has 3 N–H and O–H groups in total. The highest BCUT2D eigenvalue weighted by atomic mass is 16.5. The number of amides is 1. The highest BCUT2D eigenvalue weighted by Gasteiger charge is 2.22. The first kappa shape index (κ1) is 17.1. The number of carbonyl (C=O) groups excluding carboxylic acids is 2. The lowest BCUT2D eigenvalue weighted by Gasteiger charge is -2.22. The van der Waals surface area contributed by atoms with Crippen LogP contribution in [-0.4, -0.2) is 37.2 Å². The summed E-state index contributed by atoms with van der Waals surface area (Å²) < 4.78 is 4.61. The molecule has 0 saturated carbocycles. The smallest absolute Gasteiger partial charge is 0.307 e. The molecular formula is C15H22N2O4. The molecule has 0 aliphatic rings. The first-order chi connectivity index (χ1) is 10.0. The van der Waals surface area contributed by atoms with Crippen LogP contribution in [0.3, 0.4) is 0 Å². The van der Waals surface area contributed by atoms with Crippen molar-refractivity contribution in [1.29, 1.82) is 0 Å². The molecule has 1 aromatic rings. The van der Waals surface area contributed by atoms with Crippen LogP contribution in [0.4, 0.5) is 5.69 Å². The van der Waals surface area contributed by atoms with Crippen LogP contribution in [0.1, 0.15) is 31.4 Å². The summed E-state index contributed by atoms with van der Waals surface area (Å²) in [6.45, 7) is 1.78. The highest BCUT2D eigenvalue weighted by molar-refractivity contribution is 5.90. The van der Waals surface area contributed by atoms with E-state index in [1.807, 2.05) is 0 Å². The molecule has 0 fully saturated rings. The molecule has 6 nitrogen and oxygen atoms in total. The fourth-order valence-corrected chi connectivity index (χ4v) is 1.88. The van der Waals surface area contributed by atoms with Gasteiger partial charge in [0.25, 0.3) is 0 Å². The average Bonchev–Trinajstić information content (AvgIpc) is 2.52. The number of aliphatic hydroxyl groups is 1. The number of hydrogen-bond donors (Lipinski definition) is 3. The van der Waals surface area contributed by atoms with Gasteiger partial charge in [-0.25, -0.2) is 0 Å². The lowest BCUT2D eigenvalue weighted by Crippen LogP contribution is -2.34. The number of nitrogens with one attached hydrogen (secondary N) is 2. The number of ether oxygens (including phenoxy) is 1. The average molecular weight is 294 g/mol. The summed E-state index contributed by atoms with van der Waals surface area (Å²) in [6.07, 6.45) is -0.363. The molecule has 116 valence electrons. The largest absolute Gasteiger partial charge is 0.469 e. The summed E-state index contributed by atoms with van der Waals surface area (Å²) in [5.41, 5.74) is 1.33. The molecule has 0 aliphatic heterocycles. The van der Waals surface area contributed by atoms with E-state index in [1.54, 1.807) is 38.2 Å². The lowest BCUT2D eigenvalue weighted by atomic mass is 9.99. The maximum atomic E-state index is 11.3. The van der Waals surface area contributed by atoms with Crippen molar-refractivity contribution in [3.8, 4) is 0 Å². The van der Waals surface area contributed by atoms with Crippen LogP contribution >= 0.6 is 0 Å². The van der Waals surface area contributed by atoms with Crippen molar-refractivity contribution in [2.24, 2.45) is 0 Å². The second-order valence-electron chi connectivity index (χ2n) is 4.64. The SMILES string of the molecule is CCC(=O)Nc1ccc(C(O)C(CC(=O)OC)NC)cc1. The standard InChI is InChI=1S/C15H22N2O4/c1-4-13(18)17-11-7-5-10(6-8-11)15(20)12(16-2)9-14(19)21-3/h5-8,12,15-16,20H,4,9H2,1-3H3,(H,17,18). The monoisotopic (exact) mass is 294 g/mol. The summed E-state index contributed by atoms with van der Waals surface area (Å²) in [7, 11) is 2.99. The molecule has 0 saturated heterocycles. The molecule has 0 spiro atoms. The van der Waals surface area contributed by atoms with Crippen LogP contribution in [0.2, 0.25) is 0 Å². The predicted molar refractivity (Wildman–Crippen MR) is 79.8 cm³/mol. The molecule has 1 aromatic carbocycles. The predicted octanol–water partition coefficient (Wildman–Crippen LogP) is 1.22. The van der Waals surface area contributed by atoms with Crippen molar-refractivity contribution < 1.29 is 19.4 Å². The van der Waals surface area contributed by atoms with E-state index >= 15 is 0 Å². The van der Waals surface area contributed by atoms with E-state index in [4.69, 9.17) is 0 Å². The van der Waals surface area contributed by atoms with E-state index in [9.17, 15) is 14.7 Å². The molecule has 0 aliphatic carbocycles. The fraction of sp³-hybridized carbons (Fsp3) is 0.467. The maximum Gasteiger partial charge on any atom is 0.307 e. The number of aliphatic hydroxyl groups excluding tert-OH is 1. The third-order valence-electron chi connectivity index (χ3n) is 3.22. The Labute approximate surface area is 124 Å². The van der Waals surface area contributed by atoms with Gasteiger partial charge in [-0.3, -0.25) is 9.59 Å². The third-order valence-corrected chi connectivity index (χ3v) is 3.22. The van der Waals surface area contributed by atoms with Gasteiger partial charge in [0, 0.05) is 18.2 Å². The van der Waals surface area contributed by atoms with Crippen molar-refractivity contribution in [3.05, 3.63) is 29.8 Å². The van der Waals surface area contributed by atoms with Crippen LogP contribution in [0, 0.1) is 0 Å². The van der Waals surface area contributed by atoms with E-state index in [0.717, 1.165) is 0 Å². The second-order valence-corrected chi connectivity index (χ2v) is 4.64. The van der Waals surface area contributed by atoms with Gasteiger partial charge in [-0.1, -0.05) is 19.1 Å². The Morgan fingerprint density at radius 3 is 2.38 bits per heavy atom. The van der Waals surface area contributed by atoms with Crippen LogP contribution in [0.5, 0.6) is 0 Å². The van der Waals surface area contributed by atoms with Gasteiger partial charge in [0.05, 0.1) is 19.6 Å². The Kier molecular flexibility index (Phi) is 6.84. The van der Waals surface area contributed by atoms with E-state index in [2.05, 4.69) is 15.4 Å². The number of methoxy groups -OCH3 is 1. The topological polar surface area (TPSA) is 87.7 Å². The molecule has 1 rings (SSSR count). The van der Waals surface area contributed by atoms with Gasteiger partial charge in [-0.2, -0.15) is 0 Å². The number of carbonyl (C=O) groups is 2. The quantitative estimate of drug-likeness (QED) is 0.658. The number of benzene rings is 1. The van der Waals surface area contributed by atoms with Crippen LogP contribution in [0.25, 0.3) is 0 Å². The lowest BCUT2D eigenvalue weighted by molar-refractivity contribution is -0.142. The number of hydrogen-bond acceptors (Lipinski definition) is 5. The van der Waals surface area contributed by atoms with Crippen molar-refractivity contribution >= 4 is 17.6 Å². The number of esters is 1. The van der Waals surface area contributed by atoms with Crippen LogP contribution < -0.4 is 10.6 Å². The molecule has 21 heavy (non-hydrogen) atoms. The summed E-state index contributed by atoms with van der Waals surface area (Å²) >= 11 is 0. The van der Waals surface area contributed by atoms with Gasteiger partial charge in [-0.15, -0.1) is 0 Å². The maximum absolute atomic E-state index is 11.3. The van der Waals surface area contributed by atoms with Crippen LogP contribution in [0.15, 0.2) is 24.3 Å². The minimum Gasteiger partial charge on any atom is -0.469 e. The number of rotatable bonds is 7. The third kappa shape index (κ3) is 5.17. The number of likely N-dealkylation sites (N-methyl/N-ethyl adjacent to an activating group) is 1. The van der Waals surface area contributed by atoms with Gasteiger partial charge in [0.2, 0.25) is 5.91 Å². The first-order valence-corrected chi connectivity index (χ1v) is 6.83. The zero-order valence-corrected chi connectivity index (χ0v) is 12.6. The van der Waals surface area contributed by atoms with Gasteiger partial charge >= 0.3 is 5.97 Å². The summed E-state index contributed by atoms with van der Waals surface area (Å²) in [6, 6.07) is 6.44. The molecule has 2 atom stereocenters. The van der Waals surface area contributed by atoms with Crippen molar-refractivity contribution in [2.75, 3.05) is 19.5 Å². The molecule has 0 aromatic heterocycles. The Morgan fingerprint density at radius 1 is 1.29 bits per heavy atom. The van der Waals surface area contributed by atoms with E-state index < -0.39 is 12.1 Å². The summed E-state index contributed by atoms with van der Waals surface area (Å²) in [5, 5.41) is 15.9. The molecule has 0 radical (unpaired) electrons. The molecular weight excluding hydrogens is 272 g/mol. The van der Waals surface area contributed by atoms with Crippen molar-refractivity contribution in [2.45, 2.75) is 31.9 Å². The summed E-state index contributed by atoms with van der Waals surface area (Å²) in [5.74, 6) is -0.456. The molecule has 0 heterocycles. The summed E-state index contributed by atoms with van der Waals surface area (Å²) in [4.78, 5) is 22.6.